The Labute approximate surface area is 354 Å². The molecule has 0 bridgehead atoms. The Hall–Kier alpha value is -5.25. The molecule has 3 aliphatic rings. The SMILES string of the molecule is C=C1CN(S(=O)(=O)c2ccc(C)cc2)CCCN(Cc2ccccc2)CCCN(S(=O)(=O)c2ccc(C)cc2)C1.Cc1ccnc2c1NC(=O)c1cccnc1N2C1CC1. The first-order valence-corrected chi connectivity index (χ1v) is 23.3. The summed E-state index contributed by atoms with van der Waals surface area (Å²) in [5.74, 6) is 1.40. The lowest BCUT2D eigenvalue weighted by molar-refractivity contribution is 0.102. The lowest BCUT2D eigenvalue weighted by atomic mass is 10.2. The number of sulfonamides is 2. The Bertz CT molecular complexity index is 2440. The van der Waals surface area contributed by atoms with Crippen LogP contribution in [0.15, 0.2) is 131 Å². The summed E-state index contributed by atoms with van der Waals surface area (Å²) < 4.78 is 57.7. The van der Waals surface area contributed by atoms with E-state index in [-0.39, 0.29) is 28.8 Å². The number of nitrogens with zero attached hydrogens (tertiary/aromatic N) is 6. The number of aromatic nitrogens is 2. The van der Waals surface area contributed by atoms with E-state index in [0.717, 1.165) is 46.6 Å². The van der Waals surface area contributed by atoms with Crippen LogP contribution in [0.25, 0.3) is 0 Å². The van der Waals surface area contributed by atoms with Gasteiger partial charge in [0.2, 0.25) is 20.0 Å². The molecule has 1 saturated heterocycles. The van der Waals surface area contributed by atoms with Crippen LogP contribution in [0.3, 0.4) is 0 Å². The van der Waals surface area contributed by atoms with Crippen LogP contribution in [0, 0.1) is 20.8 Å². The quantitative estimate of drug-likeness (QED) is 0.165. The summed E-state index contributed by atoms with van der Waals surface area (Å²) in [5, 5.41) is 2.98. The van der Waals surface area contributed by atoms with E-state index in [9.17, 15) is 21.6 Å². The summed E-state index contributed by atoms with van der Waals surface area (Å²) in [7, 11) is -7.60. The fraction of sp³-hybridized carbons (Fsp3) is 0.326. The van der Waals surface area contributed by atoms with E-state index in [1.807, 2.05) is 51.1 Å². The predicted octanol–water partition coefficient (Wildman–Crippen LogP) is 7.49. The smallest absolute Gasteiger partial charge is 0.259 e. The molecular weight excluding hydrogens is 795 g/mol. The lowest BCUT2D eigenvalue weighted by Crippen LogP contribution is -2.41. The van der Waals surface area contributed by atoms with Crippen molar-refractivity contribution in [3.05, 3.63) is 149 Å². The Balaban J connectivity index is 0.000000225. The van der Waals surface area contributed by atoms with Crippen molar-refractivity contribution in [1.82, 2.24) is 23.5 Å². The molecule has 0 radical (unpaired) electrons. The van der Waals surface area contributed by atoms with Gasteiger partial charge in [-0.05, 0) is 119 Å². The van der Waals surface area contributed by atoms with Crippen molar-refractivity contribution in [1.29, 1.82) is 0 Å². The highest BCUT2D eigenvalue weighted by molar-refractivity contribution is 7.89. The molecule has 12 nitrogen and oxygen atoms in total. The second-order valence-corrected chi connectivity index (χ2v) is 19.7. The zero-order valence-corrected chi connectivity index (χ0v) is 36.1. The molecule has 3 aromatic carbocycles. The van der Waals surface area contributed by atoms with Gasteiger partial charge in [0.25, 0.3) is 5.91 Å². The molecule has 5 aromatic rings. The molecule has 314 valence electrons. The third kappa shape index (κ3) is 10.0. The topological polar surface area (TPSA) is 136 Å². The first-order chi connectivity index (χ1) is 28.8. The normalized spacial score (nSPS) is 17.5. The number of pyridine rings is 2. The Morgan fingerprint density at radius 3 is 1.77 bits per heavy atom. The molecule has 0 atom stereocenters. The number of hydrogen-bond donors (Lipinski definition) is 1. The number of hydrogen-bond acceptors (Lipinski definition) is 9. The van der Waals surface area contributed by atoms with Crippen molar-refractivity contribution >= 4 is 43.3 Å². The van der Waals surface area contributed by atoms with E-state index >= 15 is 0 Å². The molecular formula is C46H53N7O5S2. The molecule has 2 aliphatic heterocycles. The molecule has 2 aromatic heterocycles. The van der Waals surface area contributed by atoms with Crippen molar-refractivity contribution < 1.29 is 21.6 Å². The molecule has 14 heteroatoms. The van der Waals surface area contributed by atoms with E-state index in [4.69, 9.17) is 0 Å². The van der Waals surface area contributed by atoms with Gasteiger partial charge in [-0.3, -0.25) is 9.69 Å². The fourth-order valence-electron chi connectivity index (χ4n) is 7.50. The van der Waals surface area contributed by atoms with Crippen LogP contribution < -0.4 is 10.2 Å². The second kappa shape index (κ2) is 18.6. The minimum Gasteiger partial charge on any atom is -0.318 e. The van der Waals surface area contributed by atoms with Crippen LogP contribution in [0.5, 0.6) is 0 Å². The minimum atomic E-state index is -3.80. The predicted molar refractivity (Wildman–Crippen MR) is 236 cm³/mol. The van der Waals surface area contributed by atoms with Crippen molar-refractivity contribution in [2.24, 2.45) is 0 Å². The van der Waals surface area contributed by atoms with Crippen LogP contribution in [-0.2, 0) is 26.6 Å². The Morgan fingerprint density at radius 2 is 1.22 bits per heavy atom. The van der Waals surface area contributed by atoms with Gasteiger partial charge in [-0.1, -0.05) is 72.3 Å². The number of anilines is 3. The van der Waals surface area contributed by atoms with E-state index in [0.29, 0.717) is 68.6 Å². The van der Waals surface area contributed by atoms with Gasteiger partial charge in [-0.15, -0.1) is 0 Å². The molecule has 60 heavy (non-hydrogen) atoms. The number of benzene rings is 3. The molecule has 1 N–H and O–H groups in total. The van der Waals surface area contributed by atoms with Gasteiger partial charge in [0.1, 0.15) is 5.82 Å². The summed E-state index contributed by atoms with van der Waals surface area (Å²) in [4.78, 5) is 26.2. The maximum Gasteiger partial charge on any atom is 0.259 e. The first-order valence-electron chi connectivity index (χ1n) is 20.4. The molecule has 0 spiro atoms. The maximum absolute atomic E-state index is 13.7. The third-order valence-corrected chi connectivity index (χ3v) is 14.6. The first kappa shape index (κ1) is 42.9. The molecule has 1 saturated carbocycles. The number of rotatable bonds is 7. The highest BCUT2D eigenvalue weighted by atomic mass is 32.2. The highest BCUT2D eigenvalue weighted by Gasteiger charge is 2.38. The molecule has 8 rings (SSSR count). The third-order valence-electron chi connectivity index (χ3n) is 10.9. The van der Waals surface area contributed by atoms with Gasteiger partial charge in [-0.2, -0.15) is 8.61 Å². The molecule has 2 fully saturated rings. The van der Waals surface area contributed by atoms with E-state index in [2.05, 4.69) is 43.8 Å². The second-order valence-electron chi connectivity index (χ2n) is 15.8. The summed E-state index contributed by atoms with van der Waals surface area (Å²) in [5.41, 5.74) is 6.07. The van der Waals surface area contributed by atoms with Gasteiger partial charge in [0, 0.05) is 51.2 Å². The average molecular weight is 848 g/mol. The Morgan fingerprint density at radius 1 is 0.667 bits per heavy atom. The van der Waals surface area contributed by atoms with Gasteiger partial charge in [0.15, 0.2) is 5.82 Å². The summed E-state index contributed by atoms with van der Waals surface area (Å²) in [6.07, 6.45) is 7.03. The molecule has 1 amide bonds. The largest absolute Gasteiger partial charge is 0.318 e. The summed E-state index contributed by atoms with van der Waals surface area (Å²) >= 11 is 0. The van der Waals surface area contributed by atoms with E-state index in [1.54, 1.807) is 67.0 Å². The lowest BCUT2D eigenvalue weighted by Gasteiger charge is -2.30. The van der Waals surface area contributed by atoms with Crippen LogP contribution in [-0.4, -0.2) is 91.5 Å². The molecule has 4 heterocycles. The van der Waals surface area contributed by atoms with Crippen LogP contribution in [0.4, 0.5) is 17.3 Å². The maximum atomic E-state index is 13.7. The molecule has 0 unspecified atom stereocenters. The number of carbonyl (C=O) groups is 1. The van der Waals surface area contributed by atoms with E-state index in [1.165, 1.54) is 8.61 Å². The zero-order chi connectivity index (χ0) is 42.4. The summed E-state index contributed by atoms with van der Waals surface area (Å²) in [6, 6.07) is 29.7. The van der Waals surface area contributed by atoms with Crippen molar-refractivity contribution in [2.75, 3.05) is 49.5 Å². The molecule has 1 aliphatic carbocycles. The number of amides is 1. The zero-order valence-electron chi connectivity index (χ0n) is 34.5. The fourth-order valence-corrected chi connectivity index (χ4v) is 10.5. The monoisotopic (exact) mass is 847 g/mol. The standard InChI is InChI=1S/C31H39N3O4S2.C15H14N4O/c1-26-11-15-30(16-12-26)39(35,36)33-21-7-19-32(25-29-9-5-4-6-10-29)20-8-22-34(24-28(3)23-33)40(37,38)31-17-13-27(2)14-18-31;1-9-6-8-17-14-12(9)18-15(20)11-3-2-7-16-13(11)19(14)10-4-5-10/h4-6,9-18H,3,7-8,19-25H2,1-2H3;2-3,6-8,10H,4-5H2,1H3,(H,18,20). The van der Waals surface area contributed by atoms with Crippen LogP contribution in [0.1, 0.15) is 58.3 Å². The number of aryl methyl sites for hydroxylation is 3. The van der Waals surface area contributed by atoms with Gasteiger partial charge in [-0.25, -0.2) is 26.8 Å². The van der Waals surface area contributed by atoms with Crippen molar-refractivity contribution in [3.8, 4) is 0 Å². The van der Waals surface area contributed by atoms with Crippen LogP contribution in [0.2, 0.25) is 0 Å². The van der Waals surface area contributed by atoms with Crippen molar-refractivity contribution in [3.63, 3.8) is 0 Å². The minimum absolute atomic E-state index is 0.0504. The van der Waals surface area contributed by atoms with Crippen LogP contribution >= 0.6 is 0 Å². The number of nitrogens with one attached hydrogen (secondary N) is 1. The average Bonchev–Trinajstić information content (AvgIpc) is 4.08. The van der Waals surface area contributed by atoms with Gasteiger partial charge >= 0.3 is 0 Å². The van der Waals surface area contributed by atoms with Crippen molar-refractivity contribution in [2.45, 2.75) is 68.8 Å². The highest BCUT2D eigenvalue weighted by Crippen LogP contribution is 2.43. The van der Waals surface area contributed by atoms with E-state index < -0.39 is 20.0 Å². The van der Waals surface area contributed by atoms with Gasteiger partial charge < -0.3 is 10.2 Å². The van der Waals surface area contributed by atoms with Gasteiger partial charge in [0.05, 0.1) is 21.0 Å². The number of fused-ring (bicyclic) bond motifs is 2. The number of carbonyl (C=O) groups excluding carboxylic acids is 1. The summed E-state index contributed by atoms with van der Waals surface area (Å²) in [6.45, 7) is 12.8. The Kier molecular flexibility index (Phi) is 13.3.